The lowest BCUT2D eigenvalue weighted by molar-refractivity contribution is -0.919. The van der Waals surface area contributed by atoms with Gasteiger partial charge in [-0.3, -0.25) is 9.59 Å². The second kappa shape index (κ2) is 7.25. The van der Waals surface area contributed by atoms with Gasteiger partial charge in [0.25, 0.3) is 5.91 Å². The van der Waals surface area contributed by atoms with Gasteiger partial charge in [-0.1, -0.05) is 19.8 Å². The molecule has 0 radical (unpaired) electrons. The summed E-state index contributed by atoms with van der Waals surface area (Å²) in [7, 11) is 0. The molecule has 2 aliphatic rings. The van der Waals surface area contributed by atoms with E-state index in [0.29, 0.717) is 12.0 Å². The average molecular weight is 296 g/mol. The van der Waals surface area contributed by atoms with Gasteiger partial charge in [0.2, 0.25) is 5.91 Å². The van der Waals surface area contributed by atoms with Crippen molar-refractivity contribution in [2.24, 2.45) is 17.6 Å². The highest BCUT2D eigenvalue weighted by molar-refractivity contribution is 5.80. The number of primary amides is 1. The van der Waals surface area contributed by atoms with Crippen LogP contribution in [0.25, 0.3) is 0 Å². The Morgan fingerprint density at radius 3 is 2.33 bits per heavy atom. The summed E-state index contributed by atoms with van der Waals surface area (Å²) in [6.45, 7) is 5.97. The molecule has 0 spiro atoms. The fourth-order valence-corrected chi connectivity index (χ4v) is 3.73. The molecule has 1 aliphatic carbocycles. The van der Waals surface area contributed by atoms with Crippen molar-refractivity contribution in [1.82, 2.24) is 5.32 Å². The standard InChI is InChI=1S/C16H29N3O2/c1-11-5-3-4-6-14(11)18-16(21)12(2)19-9-7-13(8-10-19)15(17)20/h11-14H,3-10H2,1-2H3,(H2,17,20)(H,18,21)/p+1/t11-,12+,14+/m0/s1. The first-order valence-electron chi connectivity index (χ1n) is 8.43. The molecule has 1 heterocycles. The van der Waals surface area contributed by atoms with E-state index in [2.05, 4.69) is 12.2 Å². The monoisotopic (exact) mass is 296 g/mol. The zero-order chi connectivity index (χ0) is 15.4. The Bertz CT molecular complexity index is 378. The highest BCUT2D eigenvalue weighted by Gasteiger charge is 2.33. The summed E-state index contributed by atoms with van der Waals surface area (Å²) in [5.41, 5.74) is 5.36. The second-order valence-electron chi connectivity index (χ2n) is 6.93. The van der Waals surface area contributed by atoms with Crippen LogP contribution in [0.2, 0.25) is 0 Å². The molecule has 5 nitrogen and oxygen atoms in total. The molecular formula is C16H30N3O2+. The van der Waals surface area contributed by atoms with Gasteiger partial charge in [0.1, 0.15) is 0 Å². The van der Waals surface area contributed by atoms with Crippen LogP contribution in [-0.4, -0.2) is 37.0 Å². The molecule has 0 unspecified atom stereocenters. The lowest BCUT2D eigenvalue weighted by atomic mass is 9.86. The first kappa shape index (κ1) is 16.3. The van der Waals surface area contributed by atoms with Gasteiger partial charge in [-0.15, -0.1) is 0 Å². The van der Waals surface area contributed by atoms with E-state index in [0.717, 1.165) is 32.4 Å². The number of likely N-dealkylation sites (tertiary alicyclic amines) is 1. The van der Waals surface area contributed by atoms with Crippen molar-refractivity contribution in [3.63, 3.8) is 0 Å². The largest absolute Gasteiger partial charge is 0.369 e. The van der Waals surface area contributed by atoms with Crippen LogP contribution in [-0.2, 0) is 9.59 Å². The minimum absolute atomic E-state index is 0.00220. The van der Waals surface area contributed by atoms with E-state index in [9.17, 15) is 9.59 Å². The van der Waals surface area contributed by atoms with Gasteiger partial charge in [0.05, 0.1) is 13.1 Å². The summed E-state index contributed by atoms with van der Waals surface area (Å²) >= 11 is 0. The number of quaternary nitrogens is 1. The summed E-state index contributed by atoms with van der Waals surface area (Å²) in [4.78, 5) is 24.9. The molecule has 0 aromatic carbocycles. The summed E-state index contributed by atoms with van der Waals surface area (Å²) in [6, 6.07) is 0.309. The summed E-state index contributed by atoms with van der Waals surface area (Å²) in [6.07, 6.45) is 6.45. The number of piperidine rings is 1. The molecule has 0 bridgehead atoms. The van der Waals surface area contributed by atoms with Crippen LogP contribution in [0.5, 0.6) is 0 Å². The Morgan fingerprint density at radius 1 is 1.14 bits per heavy atom. The van der Waals surface area contributed by atoms with E-state index in [4.69, 9.17) is 5.73 Å². The number of hydrogen-bond donors (Lipinski definition) is 3. The molecule has 0 aromatic rings. The minimum atomic E-state index is -0.192. The Labute approximate surface area is 127 Å². The Hall–Kier alpha value is -1.10. The van der Waals surface area contributed by atoms with E-state index in [1.54, 1.807) is 0 Å². The zero-order valence-corrected chi connectivity index (χ0v) is 13.4. The summed E-state index contributed by atoms with van der Waals surface area (Å²) in [5, 5.41) is 3.25. The molecule has 3 atom stereocenters. The van der Waals surface area contributed by atoms with Gasteiger partial charge in [-0.05, 0) is 25.7 Å². The van der Waals surface area contributed by atoms with Crippen LogP contribution < -0.4 is 16.0 Å². The highest BCUT2D eigenvalue weighted by atomic mass is 16.2. The maximum atomic E-state index is 12.4. The molecule has 1 saturated carbocycles. The number of rotatable bonds is 4. The smallest absolute Gasteiger partial charge is 0.278 e. The fourth-order valence-electron chi connectivity index (χ4n) is 3.73. The van der Waals surface area contributed by atoms with E-state index in [1.165, 1.54) is 24.2 Å². The van der Waals surface area contributed by atoms with Crippen LogP contribution in [0.15, 0.2) is 0 Å². The third kappa shape index (κ3) is 4.19. The van der Waals surface area contributed by atoms with Crippen molar-refractivity contribution in [2.45, 2.75) is 64.5 Å². The normalized spacial score (nSPS) is 35.0. The molecule has 2 fully saturated rings. The second-order valence-corrected chi connectivity index (χ2v) is 6.93. The SMILES string of the molecule is C[C@H](C(=O)N[C@@H]1CCCC[C@@H]1C)[NH+]1CCC(C(N)=O)CC1. The van der Waals surface area contributed by atoms with Crippen LogP contribution in [0.1, 0.15) is 52.4 Å². The maximum absolute atomic E-state index is 12.4. The molecule has 0 aromatic heterocycles. The van der Waals surface area contributed by atoms with Gasteiger partial charge < -0.3 is 16.0 Å². The van der Waals surface area contributed by atoms with Crippen molar-refractivity contribution < 1.29 is 14.5 Å². The van der Waals surface area contributed by atoms with Crippen LogP contribution >= 0.6 is 0 Å². The topological polar surface area (TPSA) is 76.6 Å². The number of amides is 2. The summed E-state index contributed by atoms with van der Waals surface area (Å²) < 4.78 is 0. The van der Waals surface area contributed by atoms with Crippen molar-refractivity contribution >= 4 is 11.8 Å². The third-order valence-electron chi connectivity index (χ3n) is 5.47. The van der Waals surface area contributed by atoms with Gasteiger partial charge in [-0.25, -0.2) is 0 Å². The average Bonchev–Trinajstić information content (AvgIpc) is 2.49. The van der Waals surface area contributed by atoms with Crippen LogP contribution in [0.3, 0.4) is 0 Å². The first-order valence-corrected chi connectivity index (χ1v) is 8.43. The van der Waals surface area contributed by atoms with Crippen molar-refractivity contribution in [3.05, 3.63) is 0 Å². The minimum Gasteiger partial charge on any atom is -0.369 e. The number of hydrogen-bond acceptors (Lipinski definition) is 2. The molecule has 2 amide bonds. The Morgan fingerprint density at radius 2 is 1.76 bits per heavy atom. The maximum Gasteiger partial charge on any atom is 0.278 e. The van der Waals surface area contributed by atoms with Gasteiger partial charge >= 0.3 is 0 Å². The zero-order valence-electron chi connectivity index (χ0n) is 13.4. The number of carbonyl (C=O) groups excluding carboxylic acids is 2. The quantitative estimate of drug-likeness (QED) is 0.675. The van der Waals surface area contributed by atoms with Crippen molar-refractivity contribution in [3.8, 4) is 0 Å². The fraction of sp³-hybridized carbons (Fsp3) is 0.875. The van der Waals surface area contributed by atoms with Gasteiger partial charge in [-0.2, -0.15) is 0 Å². The van der Waals surface area contributed by atoms with E-state index < -0.39 is 0 Å². The molecule has 21 heavy (non-hydrogen) atoms. The molecule has 1 saturated heterocycles. The van der Waals surface area contributed by atoms with Crippen molar-refractivity contribution in [1.29, 1.82) is 0 Å². The third-order valence-corrected chi connectivity index (χ3v) is 5.47. The number of nitrogens with two attached hydrogens (primary N) is 1. The Balaban J connectivity index is 1.81. The highest BCUT2D eigenvalue weighted by Crippen LogP contribution is 2.23. The predicted molar refractivity (Wildman–Crippen MR) is 81.6 cm³/mol. The lowest BCUT2D eigenvalue weighted by Crippen LogP contribution is -3.17. The van der Waals surface area contributed by atoms with Crippen molar-refractivity contribution in [2.75, 3.05) is 13.1 Å². The number of nitrogens with one attached hydrogen (secondary N) is 2. The van der Waals surface area contributed by atoms with Crippen LogP contribution in [0, 0.1) is 11.8 Å². The molecule has 4 N–H and O–H groups in total. The number of carbonyl (C=O) groups is 2. The molecule has 120 valence electrons. The van der Waals surface area contributed by atoms with Gasteiger partial charge in [0, 0.05) is 24.8 Å². The molecule has 5 heteroatoms. The Kier molecular flexibility index (Phi) is 5.62. The van der Waals surface area contributed by atoms with E-state index in [1.807, 2.05) is 6.92 Å². The van der Waals surface area contributed by atoms with E-state index in [-0.39, 0.29) is 23.8 Å². The molecule has 1 aliphatic heterocycles. The molecular weight excluding hydrogens is 266 g/mol. The summed E-state index contributed by atoms with van der Waals surface area (Å²) in [5.74, 6) is 0.566. The van der Waals surface area contributed by atoms with Crippen LogP contribution in [0.4, 0.5) is 0 Å². The molecule has 2 rings (SSSR count). The van der Waals surface area contributed by atoms with Gasteiger partial charge in [0.15, 0.2) is 6.04 Å². The van der Waals surface area contributed by atoms with E-state index >= 15 is 0 Å². The first-order chi connectivity index (χ1) is 9.99. The predicted octanol–water partition coefficient (Wildman–Crippen LogP) is -0.150. The lowest BCUT2D eigenvalue weighted by Gasteiger charge is -2.34.